The first-order valence-corrected chi connectivity index (χ1v) is 8.40. The van der Waals surface area contributed by atoms with Crippen molar-refractivity contribution in [3.63, 3.8) is 0 Å². The van der Waals surface area contributed by atoms with Gasteiger partial charge in [0.2, 0.25) is 0 Å². The van der Waals surface area contributed by atoms with Crippen LogP contribution in [-0.4, -0.2) is 17.2 Å². The van der Waals surface area contributed by atoms with Crippen molar-refractivity contribution < 1.29 is 4.39 Å². The third kappa shape index (κ3) is 3.37. The third-order valence-electron chi connectivity index (χ3n) is 4.17. The summed E-state index contributed by atoms with van der Waals surface area (Å²) in [7, 11) is 0. The van der Waals surface area contributed by atoms with E-state index < -0.39 is 6.17 Å². The number of hydrogen-bond donors (Lipinski definition) is 1. The maximum Gasteiger partial charge on any atom is 0.120 e. The SMILES string of the molecule is Cc1cc(NC2CCCCCC2F)c2cc(Br)ccc2n1. The standard InChI is InChI=1S/C17H20BrFN2/c1-11-9-17(13-10-12(18)7-8-15(13)20-11)21-16-6-4-2-3-5-14(16)19/h7-10,14,16H,2-6H2,1H3,(H,20,21). The molecule has 4 heteroatoms. The van der Waals surface area contributed by atoms with E-state index in [4.69, 9.17) is 0 Å². The molecule has 112 valence electrons. The van der Waals surface area contributed by atoms with E-state index in [1.54, 1.807) is 0 Å². The number of pyridine rings is 1. The summed E-state index contributed by atoms with van der Waals surface area (Å²) in [4.78, 5) is 4.55. The monoisotopic (exact) mass is 350 g/mol. The predicted octanol–water partition coefficient (Wildman–Crippen LogP) is 5.39. The molecule has 0 amide bonds. The van der Waals surface area contributed by atoms with Crippen LogP contribution >= 0.6 is 15.9 Å². The van der Waals surface area contributed by atoms with Gasteiger partial charge in [-0.15, -0.1) is 0 Å². The number of nitrogens with one attached hydrogen (secondary N) is 1. The maximum absolute atomic E-state index is 14.3. The van der Waals surface area contributed by atoms with E-state index in [9.17, 15) is 4.39 Å². The number of aryl methyl sites for hydroxylation is 1. The van der Waals surface area contributed by atoms with Crippen LogP contribution in [0.15, 0.2) is 28.7 Å². The Labute approximate surface area is 133 Å². The van der Waals surface area contributed by atoms with Crippen molar-refractivity contribution in [1.29, 1.82) is 0 Å². The second kappa shape index (κ2) is 6.30. The number of alkyl halides is 1. The third-order valence-corrected chi connectivity index (χ3v) is 4.66. The van der Waals surface area contributed by atoms with Crippen LogP contribution < -0.4 is 5.32 Å². The molecule has 0 spiro atoms. The fourth-order valence-corrected chi connectivity index (χ4v) is 3.44. The van der Waals surface area contributed by atoms with Gasteiger partial charge >= 0.3 is 0 Å². The lowest BCUT2D eigenvalue weighted by Crippen LogP contribution is -2.29. The molecule has 1 N–H and O–H groups in total. The Morgan fingerprint density at radius 2 is 2.00 bits per heavy atom. The van der Waals surface area contributed by atoms with Gasteiger partial charge in [-0.25, -0.2) is 4.39 Å². The predicted molar refractivity (Wildman–Crippen MR) is 89.6 cm³/mol. The summed E-state index contributed by atoms with van der Waals surface area (Å²) in [6, 6.07) is 7.97. The molecule has 1 heterocycles. The Hall–Kier alpha value is -1.16. The van der Waals surface area contributed by atoms with Crippen molar-refractivity contribution in [2.45, 2.75) is 51.2 Å². The molecule has 2 aromatic rings. The number of hydrogen-bond acceptors (Lipinski definition) is 2. The molecule has 2 atom stereocenters. The normalized spacial score (nSPS) is 23.0. The van der Waals surface area contributed by atoms with Crippen molar-refractivity contribution >= 4 is 32.5 Å². The summed E-state index contributed by atoms with van der Waals surface area (Å²) in [6.45, 7) is 1.98. The molecule has 21 heavy (non-hydrogen) atoms. The van der Waals surface area contributed by atoms with Gasteiger partial charge < -0.3 is 5.32 Å². The van der Waals surface area contributed by atoms with Crippen molar-refractivity contribution in [1.82, 2.24) is 4.98 Å². The molecule has 2 unspecified atom stereocenters. The van der Waals surface area contributed by atoms with Gasteiger partial charge in [0.1, 0.15) is 6.17 Å². The molecule has 2 nitrogen and oxygen atoms in total. The number of fused-ring (bicyclic) bond motifs is 1. The van der Waals surface area contributed by atoms with E-state index in [-0.39, 0.29) is 6.04 Å². The van der Waals surface area contributed by atoms with Gasteiger partial charge in [-0.1, -0.05) is 35.2 Å². The molecule has 1 aromatic heterocycles. The van der Waals surface area contributed by atoms with Crippen molar-refractivity contribution in [3.8, 4) is 0 Å². The maximum atomic E-state index is 14.3. The zero-order valence-corrected chi connectivity index (χ0v) is 13.8. The highest BCUT2D eigenvalue weighted by atomic mass is 79.9. The smallest absolute Gasteiger partial charge is 0.120 e. The Balaban J connectivity index is 1.97. The van der Waals surface area contributed by atoms with Gasteiger partial charge in [0.05, 0.1) is 11.6 Å². The molecule has 0 aliphatic heterocycles. The second-order valence-electron chi connectivity index (χ2n) is 5.88. The van der Waals surface area contributed by atoms with E-state index in [2.05, 4.69) is 26.2 Å². The lowest BCUT2D eigenvalue weighted by atomic mass is 10.1. The fourth-order valence-electron chi connectivity index (χ4n) is 3.07. The summed E-state index contributed by atoms with van der Waals surface area (Å²) >= 11 is 3.51. The minimum absolute atomic E-state index is 0.0866. The van der Waals surface area contributed by atoms with Crippen molar-refractivity contribution in [3.05, 3.63) is 34.4 Å². The number of aromatic nitrogens is 1. The van der Waals surface area contributed by atoms with Crippen LogP contribution in [-0.2, 0) is 0 Å². The van der Waals surface area contributed by atoms with Crippen molar-refractivity contribution in [2.24, 2.45) is 0 Å². The Morgan fingerprint density at radius 1 is 1.19 bits per heavy atom. The van der Waals surface area contributed by atoms with E-state index >= 15 is 0 Å². The molecule has 3 rings (SSSR count). The first kappa shape index (κ1) is 14.8. The molecular weight excluding hydrogens is 331 g/mol. The van der Waals surface area contributed by atoms with Crippen LogP contribution in [0.3, 0.4) is 0 Å². The molecule has 0 saturated heterocycles. The zero-order valence-electron chi connectivity index (χ0n) is 12.2. The highest BCUT2D eigenvalue weighted by molar-refractivity contribution is 9.10. The quantitative estimate of drug-likeness (QED) is 0.734. The average Bonchev–Trinajstić information content (AvgIpc) is 2.65. The molecule has 1 saturated carbocycles. The Bertz CT molecular complexity index is 644. The number of benzene rings is 1. The van der Waals surface area contributed by atoms with E-state index in [0.717, 1.165) is 52.4 Å². The number of rotatable bonds is 2. The van der Waals surface area contributed by atoms with Gasteiger partial charge in [-0.2, -0.15) is 0 Å². The van der Waals surface area contributed by atoms with Gasteiger partial charge in [-0.05, 0) is 44.0 Å². The van der Waals surface area contributed by atoms with Crippen LogP contribution in [0.2, 0.25) is 0 Å². The summed E-state index contributed by atoms with van der Waals surface area (Å²) in [5.74, 6) is 0. The van der Waals surface area contributed by atoms with E-state index in [1.807, 2.05) is 31.2 Å². The van der Waals surface area contributed by atoms with Gasteiger partial charge in [0, 0.05) is 21.2 Å². The highest BCUT2D eigenvalue weighted by Crippen LogP contribution is 2.30. The largest absolute Gasteiger partial charge is 0.379 e. The lowest BCUT2D eigenvalue weighted by Gasteiger charge is -2.22. The van der Waals surface area contributed by atoms with Crippen LogP contribution in [0.25, 0.3) is 10.9 Å². The minimum atomic E-state index is -0.761. The summed E-state index contributed by atoms with van der Waals surface area (Å²) < 4.78 is 15.3. The van der Waals surface area contributed by atoms with Crippen LogP contribution in [0.4, 0.5) is 10.1 Å². The summed E-state index contributed by atoms with van der Waals surface area (Å²) in [6.07, 6.45) is 4.05. The first-order valence-electron chi connectivity index (χ1n) is 7.61. The molecule has 1 aromatic carbocycles. The summed E-state index contributed by atoms with van der Waals surface area (Å²) in [5.41, 5.74) is 2.90. The van der Waals surface area contributed by atoms with Gasteiger partial charge in [0.25, 0.3) is 0 Å². The molecule has 0 radical (unpaired) electrons. The van der Waals surface area contributed by atoms with Gasteiger partial charge in [0.15, 0.2) is 0 Å². The Morgan fingerprint density at radius 3 is 2.86 bits per heavy atom. The molecule has 0 bridgehead atoms. The zero-order chi connectivity index (χ0) is 14.8. The number of halogens is 2. The van der Waals surface area contributed by atoms with Crippen LogP contribution in [0.5, 0.6) is 0 Å². The second-order valence-corrected chi connectivity index (χ2v) is 6.79. The lowest BCUT2D eigenvalue weighted by molar-refractivity contribution is 0.279. The van der Waals surface area contributed by atoms with E-state index in [1.165, 1.54) is 0 Å². The fraction of sp³-hybridized carbons (Fsp3) is 0.471. The Kier molecular flexibility index (Phi) is 4.43. The molecule has 1 aliphatic carbocycles. The first-order chi connectivity index (χ1) is 10.1. The van der Waals surface area contributed by atoms with Gasteiger partial charge in [-0.3, -0.25) is 4.98 Å². The summed E-state index contributed by atoms with van der Waals surface area (Å²) in [5, 5.41) is 4.49. The number of anilines is 1. The van der Waals surface area contributed by atoms with E-state index in [0.29, 0.717) is 6.42 Å². The minimum Gasteiger partial charge on any atom is -0.379 e. The topological polar surface area (TPSA) is 24.9 Å². The molecular formula is C17H20BrFN2. The number of nitrogens with zero attached hydrogens (tertiary/aromatic N) is 1. The average molecular weight is 351 g/mol. The van der Waals surface area contributed by atoms with Crippen LogP contribution in [0.1, 0.15) is 37.8 Å². The van der Waals surface area contributed by atoms with Crippen molar-refractivity contribution in [2.75, 3.05) is 5.32 Å². The molecule has 1 fully saturated rings. The molecule has 1 aliphatic rings. The van der Waals surface area contributed by atoms with Crippen LogP contribution in [0, 0.1) is 6.92 Å². The highest BCUT2D eigenvalue weighted by Gasteiger charge is 2.23.